The summed E-state index contributed by atoms with van der Waals surface area (Å²) in [6.07, 6.45) is 1.24. The van der Waals surface area contributed by atoms with Crippen LogP contribution in [-0.2, 0) is 0 Å². The van der Waals surface area contributed by atoms with E-state index in [-0.39, 0.29) is 6.04 Å². The van der Waals surface area contributed by atoms with Gasteiger partial charge in [-0.05, 0) is 26.4 Å². The Balaban J connectivity index is 0.000000561. The average Bonchev–Trinajstić information content (AvgIpc) is 2.54. The molecule has 1 fully saturated rings. The van der Waals surface area contributed by atoms with Crippen molar-refractivity contribution in [1.82, 2.24) is 4.90 Å². The molecule has 0 amide bonds. The zero-order valence-electron chi connectivity index (χ0n) is 8.26. The molecule has 1 N–H and O–H groups in total. The number of halogens is 1. The van der Waals surface area contributed by atoms with Crippen LogP contribution in [0.25, 0.3) is 0 Å². The minimum absolute atomic E-state index is 0.0602. The summed E-state index contributed by atoms with van der Waals surface area (Å²) in [6, 6.07) is 0.0602. The van der Waals surface area contributed by atoms with Crippen molar-refractivity contribution in [2.75, 3.05) is 20.3 Å². The normalized spacial score (nSPS) is 26.2. The molecule has 0 aromatic rings. The van der Waals surface area contributed by atoms with E-state index >= 15 is 0 Å². The molecule has 2 atom stereocenters. The summed E-state index contributed by atoms with van der Waals surface area (Å²) in [7, 11) is 1.93. The second kappa shape index (κ2) is 6.38. The zero-order valence-corrected chi connectivity index (χ0v) is 8.26. The Labute approximate surface area is 74.4 Å². The summed E-state index contributed by atoms with van der Waals surface area (Å²) in [6.45, 7) is 4.37. The van der Waals surface area contributed by atoms with Crippen LogP contribution in [0.15, 0.2) is 0 Å². The Kier molecular flexibility index (Phi) is 6.30. The van der Waals surface area contributed by atoms with Crippen LogP contribution in [-0.4, -0.2) is 42.4 Å². The molecule has 1 rings (SSSR count). The van der Waals surface area contributed by atoms with Crippen molar-refractivity contribution in [1.29, 1.82) is 0 Å². The number of rotatable bonds is 2. The van der Waals surface area contributed by atoms with Gasteiger partial charge in [-0.3, -0.25) is 0 Å². The first kappa shape index (κ1) is 11.8. The molecule has 1 heterocycles. The van der Waals surface area contributed by atoms with Crippen molar-refractivity contribution in [2.45, 2.75) is 38.8 Å². The molecule has 0 aromatic heterocycles. The summed E-state index contributed by atoms with van der Waals surface area (Å²) in [5.74, 6) is 0. The molecule has 1 aliphatic heterocycles. The first-order valence-corrected chi connectivity index (χ1v) is 4.70. The van der Waals surface area contributed by atoms with E-state index in [0.717, 1.165) is 19.4 Å². The van der Waals surface area contributed by atoms with Gasteiger partial charge in [-0.15, -0.1) is 0 Å². The standard InChI is InChI=1S/C7H14FNO.C2H6/c1-9-4-2-3-6(9)7(10)5-8;1-2/h6-7,10H,2-5H2,1H3;1-2H3/t6-,7?;/m0./s1. The number of alkyl halides is 1. The van der Waals surface area contributed by atoms with E-state index in [1.807, 2.05) is 25.8 Å². The van der Waals surface area contributed by atoms with E-state index in [1.54, 1.807) is 0 Å². The van der Waals surface area contributed by atoms with Crippen LogP contribution in [0.5, 0.6) is 0 Å². The Morgan fingerprint density at radius 2 is 2.17 bits per heavy atom. The van der Waals surface area contributed by atoms with Crippen LogP contribution < -0.4 is 0 Å². The van der Waals surface area contributed by atoms with E-state index in [9.17, 15) is 4.39 Å². The monoisotopic (exact) mass is 177 g/mol. The molecule has 1 aliphatic rings. The molecule has 0 aliphatic carbocycles. The number of nitrogens with zero attached hydrogens (tertiary/aromatic N) is 1. The first-order valence-electron chi connectivity index (χ1n) is 4.70. The smallest absolute Gasteiger partial charge is 0.117 e. The van der Waals surface area contributed by atoms with E-state index < -0.39 is 12.8 Å². The minimum Gasteiger partial charge on any atom is -0.389 e. The van der Waals surface area contributed by atoms with Gasteiger partial charge in [0, 0.05) is 6.04 Å². The van der Waals surface area contributed by atoms with Gasteiger partial charge in [-0.2, -0.15) is 0 Å². The molecule has 1 unspecified atom stereocenters. The fourth-order valence-corrected chi connectivity index (χ4v) is 1.53. The Hall–Kier alpha value is -0.150. The number of aliphatic hydroxyl groups is 1. The molecule has 3 heteroatoms. The third-order valence-corrected chi connectivity index (χ3v) is 2.18. The lowest BCUT2D eigenvalue weighted by Crippen LogP contribution is -2.37. The molecule has 12 heavy (non-hydrogen) atoms. The number of hydrogen-bond acceptors (Lipinski definition) is 2. The highest BCUT2D eigenvalue weighted by atomic mass is 19.1. The van der Waals surface area contributed by atoms with Gasteiger partial charge in [0.15, 0.2) is 0 Å². The Bertz CT molecular complexity index is 111. The van der Waals surface area contributed by atoms with Gasteiger partial charge in [-0.25, -0.2) is 4.39 Å². The third-order valence-electron chi connectivity index (χ3n) is 2.18. The highest BCUT2D eigenvalue weighted by molar-refractivity contribution is 4.82. The highest BCUT2D eigenvalue weighted by Gasteiger charge is 2.27. The van der Waals surface area contributed by atoms with Gasteiger partial charge in [0.1, 0.15) is 6.67 Å². The number of aliphatic hydroxyl groups excluding tert-OH is 1. The lowest BCUT2D eigenvalue weighted by molar-refractivity contribution is 0.0639. The zero-order chi connectivity index (χ0) is 9.56. The van der Waals surface area contributed by atoms with Gasteiger partial charge in [0.05, 0.1) is 6.10 Å². The van der Waals surface area contributed by atoms with Gasteiger partial charge in [-0.1, -0.05) is 13.8 Å². The van der Waals surface area contributed by atoms with E-state index in [2.05, 4.69) is 0 Å². The van der Waals surface area contributed by atoms with Crippen molar-refractivity contribution in [3.8, 4) is 0 Å². The molecular formula is C9H20FNO. The molecule has 2 nitrogen and oxygen atoms in total. The van der Waals surface area contributed by atoms with E-state index in [0.29, 0.717) is 0 Å². The topological polar surface area (TPSA) is 23.5 Å². The van der Waals surface area contributed by atoms with Crippen LogP contribution in [0.3, 0.4) is 0 Å². The molecule has 0 saturated carbocycles. The average molecular weight is 177 g/mol. The van der Waals surface area contributed by atoms with Crippen LogP contribution in [0.1, 0.15) is 26.7 Å². The van der Waals surface area contributed by atoms with Crippen molar-refractivity contribution in [3.05, 3.63) is 0 Å². The molecule has 1 saturated heterocycles. The maximum Gasteiger partial charge on any atom is 0.117 e. The Morgan fingerprint density at radius 3 is 2.50 bits per heavy atom. The van der Waals surface area contributed by atoms with Crippen molar-refractivity contribution in [3.63, 3.8) is 0 Å². The summed E-state index contributed by atoms with van der Waals surface area (Å²) >= 11 is 0. The Morgan fingerprint density at radius 1 is 1.58 bits per heavy atom. The minimum atomic E-state index is -0.771. The summed E-state index contributed by atoms with van der Waals surface area (Å²) in [5.41, 5.74) is 0. The molecular weight excluding hydrogens is 157 g/mol. The molecule has 0 radical (unpaired) electrons. The number of likely N-dealkylation sites (N-methyl/N-ethyl adjacent to an activating group) is 1. The van der Waals surface area contributed by atoms with Crippen LogP contribution in [0.4, 0.5) is 4.39 Å². The fraction of sp³-hybridized carbons (Fsp3) is 1.00. The van der Waals surface area contributed by atoms with Crippen LogP contribution in [0.2, 0.25) is 0 Å². The first-order chi connectivity index (χ1) is 5.75. The predicted molar refractivity (Wildman–Crippen MR) is 49.0 cm³/mol. The molecule has 0 aromatic carbocycles. The van der Waals surface area contributed by atoms with Crippen molar-refractivity contribution >= 4 is 0 Å². The largest absolute Gasteiger partial charge is 0.389 e. The molecule has 74 valence electrons. The SMILES string of the molecule is CC.CN1CCC[C@H]1C(O)CF. The molecule has 0 spiro atoms. The fourth-order valence-electron chi connectivity index (χ4n) is 1.53. The lowest BCUT2D eigenvalue weighted by Gasteiger charge is -2.22. The number of hydrogen-bond donors (Lipinski definition) is 1. The van der Waals surface area contributed by atoms with Crippen LogP contribution >= 0.6 is 0 Å². The van der Waals surface area contributed by atoms with E-state index in [4.69, 9.17) is 5.11 Å². The third kappa shape index (κ3) is 3.07. The second-order valence-electron chi connectivity index (χ2n) is 2.91. The van der Waals surface area contributed by atoms with Crippen molar-refractivity contribution in [2.24, 2.45) is 0 Å². The van der Waals surface area contributed by atoms with E-state index in [1.165, 1.54) is 0 Å². The van der Waals surface area contributed by atoms with Crippen LogP contribution in [0, 0.1) is 0 Å². The lowest BCUT2D eigenvalue weighted by atomic mass is 10.1. The maximum atomic E-state index is 11.9. The predicted octanol–water partition coefficient (Wildman–Crippen LogP) is 1.44. The summed E-state index contributed by atoms with van der Waals surface area (Å²) in [5, 5.41) is 9.11. The molecule has 0 bridgehead atoms. The summed E-state index contributed by atoms with van der Waals surface area (Å²) < 4.78 is 11.9. The van der Waals surface area contributed by atoms with Gasteiger partial charge < -0.3 is 10.0 Å². The maximum absolute atomic E-state index is 11.9. The van der Waals surface area contributed by atoms with Gasteiger partial charge in [0.25, 0.3) is 0 Å². The van der Waals surface area contributed by atoms with Gasteiger partial charge >= 0.3 is 0 Å². The second-order valence-corrected chi connectivity index (χ2v) is 2.91. The summed E-state index contributed by atoms with van der Waals surface area (Å²) in [4.78, 5) is 2.02. The highest BCUT2D eigenvalue weighted by Crippen LogP contribution is 2.17. The van der Waals surface area contributed by atoms with Gasteiger partial charge in [0.2, 0.25) is 0 Å². The number of likely N-dealkylation sites (tertiary alicyclic amines) is 1. The van der Waals surface area contributed by atoms with Crippen molar-refractivity contribution < 1.29 is 9.50 Å². The quantitative estimate of drug-likeness (QED) is 0.690.